The van der Waals surface area contributed by atoms with Gasteiger partial charge in [0.1, 0.15) is 11.5 Å². The van der Waals surface area contributed by atoms with E-state index in [1.807, 2.05) is 20.8 Å². The summed E-state index contributed by atoms with van der Waals surface area (Å²) in [5, 5.41) is 15.8. The first-order valence-corrected chi connectivity index (χ1v) is 8.52. The van der Waals surface area contributed by atoms with Crippen molar-refractivity contribution >= 4 is 11.5 Å². The van der Waals surface area contributed by atoms with E-state index in [9.17, 15) is 10.1 Å². The Labute approximate surface area is 146 Å². The third kappa shape index (κ3) is 3.37. The second kappa shape index (κ2) is 6.83. The molecule has 0 aromatic carbocycles. The number of oxazole rings is 1. The van der Waals surface area contributed by atoms with Gasteiger partial charge in [0.05, 0.1) is 17.2 Å². The summed E-state index contributed by atoms with van der Waals surface area (Å²) in [5.41, 5.74) is 1.51. The minimum atomic E-state index is -0.325. The van der Waals surface area contributed by atoms with Crippen LogP contribution in [-0.2, 0) is 13.1 Å². The highest BCUT2D eigenvalue weighted by atomic mass is 16.6. The van der Waals surface area contributed by atoms with Crippen molar-refractivity contribution in [2.75, 3.05) is 31.1 Å². The van der Waals surface area contributed by atoms with E-state index in [1.54, 1.807) is 11.6 Å². The largest absolute Gasteiger partial charge is 0.444 e. The Morgan fingerprint density at radius 3 is 2.36 bits per heavy atom. The molecule has 0 saturated carbocycles. The fourth-order valence-electron chi connectivity index (χ4n) is 3.22. The highest BCUT2D eigenvalue weighted by Gasteiger charge is 2.31. The number of aromatic nitrogens is 3. The molecule has 3 rings (SSSR count). The summed E-state index contributed by atoms with van der Waals surface area (Å²) in [7, 11) is 0. The number of anilines is 1. The van der Waals surface area contributed by atoms with Crippen molar-refractivity contribution in [3.05, 3.63) is 33.2 Å². The van der Waals surface area contributed by atoms with Gasteiger partial charge in [-0.15, -0.1) is 0 Å². The SMILES string of the molecule is CCn1nc(C)c([N+](=O)[O-])c1N1CCN(Cc2nc(C)c(C)o2)CC1. The fraction of sp³-hybridized carbons (Fsp3) is 0.625. The smallest absolute Gasteiger partial charge is 0.333 e. The Bertz CT molecular complexity index is 754. The van der Waals surface area contributed by atoms with Crippen LogP contribution in [0.5, 0.6) is 0 Å². The predicted octanol–water partition coefficient (Wildman–Crippen LogP) is 2.05. The molecule has 0 unspecified atom stereocenters. The van der Waals surface area contributed by atoms with Gasteiger partial charge in [0.25, 0.3) is 0 Å². The minimum Gasteiger partial charge on any atom is -0.444 e. The van der Waals surface area contributed by atoms with Crippen LogP contribution < -0.4 is 4.90 Å². The molecule has 1 aliphatic rings. The van der Waals surface area contributed by atoms with Gasteiger partial charge in [-0.2, -0.15) is 5.10 Å². The first kappa shape index (κ1) is 17.4. The molecule has 0 aliphatic carbocycles. The van der Waals surface area contributed by atoms with Gasteiger partial charge in [-0.1, -0.05) is 0 Å². The molecule has 136 valence electrons. The summed E-state index contributed by atoms with van der Waals surface area (Å²) >= 11 is 0. The molecule has 2 aromatic heterocycles. The van der Waals surface area contributed by atoms with E-state index in [2.05, 4.69) is 19.9 Å². The number of aryl methyl sites for hydroxylation is 4. The minimum absolute atomic E-state index is 0.120. The number of hydrogen-bond acceptors (Lipinski definition) is 7. The molecular weight excluding hydrogens is 324 g/mol. The molecule has 0 N–H and O–H groups in total. The highest BCUT2D eigenvalue weighted by Crippen LogP contribution is 2.32. The van der Waals surface area contributed by atoms with Crippen LogP contribution in [0, 0.1) is 30.9 Å². The van der Waals surface area contributed by atoms with E-state index < -0.39 is 0 Å². The molecule has 1 fully saturated rings. The van der Waals surface area contributed by atoms with Crippen molar-refractivity contribution in [3.8, 4) is 0 Å². The fourth-order valence-corrected chi connectivity index (χ4v) is 3.22. The van der Waals surface area contributed by atoms with Gasteiger partial charge in [-0.25, -0.2) is 9.67 Å². The van der Waals surface area contributed by atoms with E-state index in [-0.39, 0.29) is 10.6 Å². The Hall–Kier alpha value is -2.42. The van der Waals surface area contributed by atoms with Crippen LogP contribution in [0.3, 0.4) is 0 Å². The molecule has 1 aliphatic heterocycles. The van der Waals surface area contributed by atoms with Gasteiger partial charge in [0.2, 0.25) is 11.7 Å². The molecule has 0 bridgehead atoms. The quantitative estimate of drug-likeness (QED) is 0.603. The zero-order valence-electron chi connectivity index (χ0n) is 15.2. The van der Waals surface area contributed by atoms with Crippen molar-refractivity contribution in [3.63, 3.8) is 0 Å². The van der Waals surface area contributed by atoms with Crippen molar-refractivity contribution < 1.29 is 9.34 Å². The monoisotopic (exact) mass is 348 g/mol. The first-order valence-electron chi connectivity index (χ1n) is 8.52. The zero-order chi connectivity index (χ0) is 18.1. The Morgan fingerprint density at radius 1 is 1.16 bits per heavy atom. The van der Waals surface area contributed by atoms with E-state index in [0.29, 0.717) is 37.7 Å². The molecule has 9 nitrogen and oxygen atoms in total. The van der Waals surface area contributed by atoms with Gasteiger partial charge in [-0.05, 0) is 27.7 Å². The van der Waals surface area contributed by atoms with Crippen LogP contribution in [0.2, 0.25) is 0 Å². The lowest BCUT2D eigenvalue weighted by atomic mass is 10.3. The average Bonchev–Trinajstić information content (AvgIpc) is 3.07. The molecular formula is C16H24N6O3. The molecule has 0 atom stereocenters. The molecule has 0 spiro atoms. The van der Waals surface area contributed by atoms with Crippen LogP contribution in [0.15, 0.2) is 4.42 Å². The maximum absolute atomic E-state index is 11.4. The van der Waals surface area contributed by atoms with Gasteiger partial charge in [0, 0.05) is 32.7 Å². The van der Waals surface area contributed by atoms with Gasteiger partial charge in [0.15, 0.2) is 0 Å². The first-order chi connectivity index (χ1) is 11.9. The van der Waals surface area contributed by atoms with Crippen molar-refractivity contribution in [2.24, 2.45) is 0 Å². The van der Waals surface area contributed by atoms with Crippen LogP contribution in [0.1, 0.15) is 30.0 Å². The van der Waals surface area contributed by atoms with Gasteiger partial charge in [-0.3, -0.25) is 15.0 Å². The van der Waals surface area contributed by atoms with E-state index in [1.165, 1.54) is 0 Å². The maximum atomic E-state index is 11.4. The number of hydrogen-bond donors (Lipinski definition) is 0. The summed E-state index contributed by atoms with van der Waals surface area (Å²) in [6.45, 7) is 11.8. The third-order valence-corrected chi connectivity index (χ3v) is 4.66. The lowest BCUT2D eigenvalue weighted by molar-refractivity contribution is -0.384. The van der Waals surface area contributed by atoms with Crippen molar-refractivity contribution in [1.82, 2.24) is 19.7 Å². The Balaban J connectivity index is 1.71. The molecule has 1 saturated heterocycles. The Morgan fingerprint density at radius 2 is 1.84 bits per heavy atom. The molecule has 2 aromatic rings. The number of rotatable bonds is 5. The topological polar surface area (TPSA) is 93.5 Å². The molecule has 3 heterocycles. The number of piperazine rings is 1. The second-order valence-electron chi connectivity index (χ2n) is 6.34. The van der Waals surface area contributed by atoms with E-state index >= 15 is 0 Å². The summed E-state index contributed by atoms with van der Waals surface area (Å²) in [4.78, 5) is 19.9. The van der Waals surface area contributed by atoms with Crippen molar-refractivity contribution in [1.29, 1.82) is 0 Å². The summed E-state index contributed by atoms with van der Waals surface area (Å²) in [5.74, 6) is 2.20. The molecule has 25 heavy (non-hydrogen) atoms. The van der Waals surface area contributed by atoms with Crippen LogP contribution in [0.25, 0.3) is 0 Å². The zero-order valence-corrected chi connectivity index (χ0v) is 15.2. The highest BCUT2D eigenvalue weighted by molar-refractivity contribution is 5.61. The number of nitro groups is 1. The van der Waals surface area contributed by atoms with E-state index in [4.69, 9.17) is 4.42 Å². The van der Waals surface area contributed by atoms with Crippen LogP contribution in [0.4, 0.5) is 11.5 Å². The van der Waals surface area contributed by atoms with Crippen molar-refractivity contribution in [2.45, 2.75) is 40.8 Å². The maximum Gasteiger partial charge on any atom is 0.333 e. The normalized spacial score (nSPS) is 15.8. The predicted molar refractivity (Wildman–Crippen MR) is 92.8 cm³/mol. The van der Waals surface area contributed by atoms with E-state index in [0.717, 1.165) is 30.4 Å². The average molecular weight is 348 g/mol. The van der Waals surface area contributed by atoms with Crippen LogP contribution in [-0.4, -0.2) is 50.8 Å². The Kier molecular flexibility index (Phi) is 4.76. The summed E-state index contributed by atoms with van der Waals surface area (Å²) in [6, 6.07) is 0. The second-order valence-corrected chi connectivity index (χ2v) is 6.34. The van der Waals surface area contributed by atoms with Crippen LogP contribution >= 0.6 is 0 Å². The van der Waals surface area contributed by atoms with Gasteiger partial charge < -0.3 is 9.32 Å². The summed E-state index contributed by atoms with van der Waals surface area (Å²) in [6.07, 6.45) is 0. The molecule has 0 radical (unpaired) electrons. The lowest BCUT2D eigenvalue weighted by Gasteiger charge is -2.34. The third-order valence-electron chi connectivity index (χ3n) is 4.66. The molecule has 0 amide bonds. The number of nitrogens with zero attached hydrogens (tertiary/aromatic N) is 6. The van der Waals surface area contributed by atoms with Gasteiger partial charge >= 0.3 is 5.69 Å². The lowest BCUT2D eigenvalue weighted by Crippen LogP contribution is -2.46. The standard InChI is InChI=1S/C16H24N6O3/c1-5-21-16(15(22(23)24)12(3)18-21)20-8-6-19(7-9-20)10-14-17-11(2)13(4)25-14/h5-10H2,1-4H3. The molecule has 9 heteroatoms. The summed E-state index contributed by atoms with van der Waals surface area (Å²) < 4.78 is 7.38.